The van der Waals surface area contributed by atoms with Crippen molar-refractivity contribution in [3.05, 3.63) is 76.8 Å². The van der Waals surface area contributed by atoms with E-state index in [1.165, 1.54) is 16.0 Å². The van der Waals surface area contributed by atoms with Gasteiger partial charge in [0.2, 0.25) is 4.77 Å². The predicted molar refractivity (Wildman–Crippen MR) is 98.8 cm³/mol. The van der Waals surface area contributed by atoms with Crippen LogP contribution in [0.25, 0.3) is 5.69 Å². The Kier molecular flexibility index (Phi) is 5.23. The van der Waals surface area contributed by atoms with Crippen LogP contribution in [0.1, 0.15) is 18.1 Å². The van der Waals surface area contributed by atoms with Gasteiger partial charge in [-0.25, -0.2) is 0 Å². The molecule has 3 rings (SSSR count). The van der Waals surface area contributed by atoms with Gasteiger partial charge in [0, 0.05) is 5.56 Å². The molecule has 5 heteroatoms. The van der Waals surface area contributed by atoms with E-state index < -0.39 is 0 Å². The summed E-state index contributed by atoms with van der Waals surface area (Å²) < 4.78 is 4.65. The summed E-state index contributed by atoms with van der Waals surface area (Å²) in [5.74, 6) is 0. The fourth-order valence-corrected chi connectivity index (χ4v) is 3.09. The van der Waals surface area contributed by atoms with Crippen LogP contribution < -0.4 is 4.90 Å². The molecule has 0 bridgehead atoms. The van der Waals surface area contributed by atoms with Crippen molar-refractivity contribution in [2.45, 2.75) is 27.1 Å². The summed E-state index contributed by atoms with van der Waals surface area (Å²) in [7, 11) is 0. The number of benzene rings is 2. The molecule has 0 spiro atoms. The second kappa shape index (κ2) is 7.55. The van der Waals surface area contributed by atoms with Gasteiger partial charge < -0.3 is 4.90 Å². The molecular formula is C19H23N4S+. The summed E-state index contributed by atoms with van der Waals surface area (Å²) in [5, 5.41) is 4.52. The zero-order valence-electron chi connectivity index (χ0n) is 14.1. The highest BCUT2D eigenvalue weighted by Crippen LogP contribution is 2.13. The van der Waals surface area contributed by atoms with Crippen LogP contribution >= 0.6 is 12.2 Å². The minimum absolute atomic E-state index is 0.739. The summed E-state index contributed by atoms with van der Waals surface area (Å²) in [5.41, 5.74) is 3.62. The van der Waals surface area contributed by atoms with Gasteiger partial charge in [0.1, 0.15) is 12.9 Å². The number of aryl methyl sites for hydroxylation is 1. The first-order valence-electron chi connectivity index (χ1n) is 8.27. The number of hydrogen-bond acceptors (Lipinski definition) is 2. The molecule has 0 aliphatic carbocycles. The molecule has 2 aromatic carbocycles. The van der Waals surface area contributed by atoms with E-state index in [-0.39, 0.29) is 0 Å². The number of nitrogens with one attached hydrogen (secondary N) is 1. The van der Waals surface area contributed by atoms with Crippen molar-refractivity contribution in [3.63, 3.8) is 0 Å². The maximum Gasteiger partial charge on any atom is 0.207 e. The van der Waals surface area contributed by atoms with Crippen LogP contribution in [0.15, 0.2) is 60.9 Å². The summed E-state index contributed by atoms with van der Waals surface area (Å²) in [6, 6.07) is 18.8. The topological polar surface area (TPSA) is 27.2 Å². The van der Waals surface area contributed by atoms with E-state index in [0.717, 1.165) is 30.2 Å². The first kappa shape index (κ1) is 16.6. The average molecular weight is 339 g/mol. The Balaban J connectivity index is 1.81. The fraction of sp³-hybridized carbons (Fsp3) is 0.263. The molecule has 0 aliphatic rings. The third-order valence-corrected chi connectivity index (χ3v) is 4.69. The van der Waals surface area contributed by atoms with E-state index in [1.54, 1.807) is 0 Å². The fourth-order valence-electron chi connectivity index (χ4n) is 2.83. The van der Waals surface area contributed by atoms with Gasteiger partial charge >= 0.3 is 0 Å². The summed E-state index contributed by atoms with van der Waals surface area (Å²) in [6.45, 7) is 7.04. The largest absolute Gasteiger partial charge is 0.313 e. The lowest BCUT2D eigenvalue weighted by Crippen LogP contribution is -3.09. The van der Waals surface area contributed by atoms with Crippen LogP contribution in [-0.4, -0.2) is 20.9 Å². The van der Waals surface area contributed by atoms with Gasteiger partial charge in [-0.1, -0.05) is 48.5 Å². The number of aromatic nitrogens is 3. The predicted octanol–water partition coefficient (Wildman–Crippen LogP) is 2.77. The van der Waals surface area contributed by atoms with Crippen molar-refractivity contribution in [2.24, 2.45) is 0 Å². The van der Waals surface area contributed by atoms with E-state index >= 15 is 0 Å². The smallest absolute Gasteiger partial charge is 0.207 e. The number of nitrogens with zero attached hydrogens (tertiary/aromatic N) is 3. The van der Waals surface area contributed by atoms with E-state index in [2.05, 4.69) is 61.4 Å². The lowest BCUT2D eigenvalue weighted by Gasteiger charge is -2.17. The Labute approximate surface area is 148 Å². The maximum atomic E-state index is 5.65. The van der Waals surface area contributed by atoms with Crippen LogP contribution in [0.3, 0.4) is 0 Å². The summed E-state index contributed by atoms with van der Waals surface area (Å²) >= 11 is 5.65. The molecule has 3 aromatic rings. The van der Waals surface area contributed by atoms with Crippen molar-refractivity contribution in [1.29, 1.82) is 0 Å². The quantitative estimate of drug-likeness (QED) is 0.699. The van der Waals surface area contributed by atoms with Crippen molar-refractivity contribution in [1.82, 2.24) is 14.3 Å². The molecule has 1 atom stereocenters. The van der Waals surface area contributed by atoms with E-state index in [0.29, 0.717) is 0 Å². The van der Waals surface area contributed by atoms with Gasteiger partial charge in [-0.05, 0) is 37.7 Å². The van der Waals surface area contributed by atoms with Gasteiger partial charge in [-0.2, -0.15) is 9.78 Å². The average Bonchev–Trinajstić information content (AvgIpc) is 2.96. The molecule has 0 fully saturated rings. The highest BCUT2D eigenvalue weighted by Gasteiger charge is 2.12. The van der Waals surface area contributed by atoms with Crippen molar-refractivity contribution in [2.75, 3.05) is 6.54 Å². The standard InChI is InChI=1S/C19H22N4S/c1-3-21(13-17-10-5-4-6-11-17)15-23-19(24)22(14-20-23)18-12-8-7-9-16(18)2/h4-12,14H,3,13,15H2,1-2H3/p+1. The minimum atomic E-state index is 0.739. The molecule has 1 unspecified atom stereocenters. The second-order valence-electron chi connectivity index (χ2n) is 5.99. The van der Waals surface area contributed by atoms with Crippen molar-refractivity contribution in [3.8, 4) is 5.69 Å². The van der Waals surface area contributed by atoms with Crippen molar-refractivity contribution >= 4 is 12.2 Å². The Morgan fingerprint density at radius 3 is 2.46 bits per heavy atom. The van der Waals surface area contributed by atoms with Crippen LogP contribution in [0, 0.1) is 11.7 Å². The van der Waals surface area contributed by atoms with Crippen LogP contribution in [0.2, 0.25) is 0 Å². The van der Waals surface area contributed by atoms with E-state index in [4.69, 9.17) is 12.2 Å². The monoisotopic (exact) mass is 339 g/mol. The third-order valence-electron chi connectivity index (χ3n) is 4.28. The lowest BCUT2D eigenvalue weighted by atomic mass is 10.2. The number of para-hydroxylation sites is 1. The molecule has 1 N–H and O–H groups in total. The van der Waals surface area contributed by atoms with Gasteiger partial charge in [0.05, 0.1) is 12.2 Å². The highest BCUT2D eigenvalue weighted by atomic mass is 32.1. The van der Waals surface area contributed by atoms with E-state index in [1.807, 2.05) is 27.7 Å². The van der Waals surface area contributed by atoms with Crippen LogP contribution in [-0.2, 0) is 13.2 Å². The molecule has 124 valence electrons. The Morgan fingerprint density at radius 2 is 1.75 bits per heavy atom. The SMILES string of the molecule is CC[NH+](Cc1ccccc1)Cn1ncn(-c2ccccc2C)c1=S. The Bertz CT molecular complexity index is 851. The van der Waals surface area contributed by atoms with Gasteiger partial charge in [0.15, 0.2) is 6.67 Å². The van der Waals surface area contributed by atoms with Gasteiger partial charge in [-0.15, -0.1) is 0 Å². The second-order valence-corrected chi connectivity index (χ2v) is 6.36. The molecule has 0 amide bonds. The van der Waals surface area contributed by atoms with Crippen LogP contribution in [0.5, 0.6) is 0 Å². The number of quaternary nitrogens is 1. The third kappa shape index (κ3) is 3.63. The van der Waals surface area contributed by atoms with Gasteiger partial charge in [0.25, 0.3) is 0 Å². The lowest BCUT2D eigenvalue weighted by molar-refractivity contribution is -0.935. The molecule has 0 aliphatic heterocycles. The van der Waals surface area contributed by atoms with Gasteiger partial charge in [-0.3, -0.25) is 4.57 Å². The Morgan fingerprint density at radius 1 is 1.04 bits per heavy atom. The number of rotatable bonds is 6. The van der Waals surface area contributed by atoms with Crippen molar-refractivity contribution < 1.29 is 4.90 Å². The van der Waals surface area contributed by atoms with Crippen LogP contribution in [0.4, 0.5) is 0 Å². The molecule has 0 saturated carbocycles. The zero-order chi connectivity index (χ0) is 16.9. The molecule has 0 saturated heterocycles. The molecular weight excluding hydrogens is 316 g/mol. The molecule has 1 heterocycles. The number of hydrogen-bond donors (Lipinski definition) is 1. The molecule has 4 nitrogen and oxygen atoms in total. The summed E-state index contributed by atoms with van der Waals surface area (Å²) in [6.07, 6.45) is 1.82. The molecule has 24 heavy (non-hydrogen) atoms. The first-order chi connectivity index (χ1) is 11.7. The first-order valence-corrected chi connectivity index (χ1v) is 8.68. The summed E-state index contributed by atoms with van der Waals surface area (Å²) in [4.78, 5) is 1.42. The molecule has 1 aromatic heterocycles. The zero-order valence-corrected chi connectivity index (χ0v) is 15.0. The molecule has 0 radical (unpaired) electrons. The highest BCUT2D eigenvalue weighted by molar-refractivity contribution is 7.71. The normalized spacial score (nSPS) is 12.2. The maximum absolute atomic E-state index is 5.65. The Hall–Kier alpha value is -2.24. The van der Waals surface area contributed by atoms with E-state index in [9.17, 15) is 0 Å². The minimum Gasteiger partial charge on any atom is -0.313 e.